The first kappa shape index (κ1) is 22.5. The first-order valence-electron chi connectivity index (χ1n) is 11.0. The van der Waals surface area contributed by atoms with Crippen molar-refractivity contribution in [3.63, 3.8) is 0 Å². The Kier molecular flexibility index (Phi) is 8.35. The predicted octanol–water partition coefficient (Wildman–Crippen LogP) is 3.19. The van der Waals surface area contributed by atoms with Crippen LogP contribution < -0.4 is 14.8 Å². The van der Waals surface area contributed by atoms with Crippen molar-refractivity contribution in [3.8, 4) is 5.75 Å². The third-order valence-electron chi connectivity index (χ3n) is 5.96. The van der Waals surface area contributed by atoms with Crippen LogP contribution in [0.15, 0.2) is 24.3 Å². The van der Waals surface area contributed by atoms with Crippen LogP contribution in [-0.2, 0) is 14.8 Å². The van der Waals surface area contributed by atoms with Crippen molar-refractivity contribution in [2.45, 2.75) is 76.0 Å². The van der Waals surface area contributed by atoms with Crippen molar-refractivity contribution in [2.75, 3.05) is 26.0 Å². The molecule has 0 radical (unpaired) electrons. The van der Waals surface area contributed by atoms with E-state index in [0.717, 1.165) is 63.8 Å². The molecule has 1 aromatic rings. The van der Waals surface area contributed by atoms with Crippen molar-refractivity contribution >= 4 is 10.0 Å². The second kappa shape index (κ2) is 10.8. The van der Waals surface area contributed by atoms with Crippen molar-refractivity contribution in [1.82, 2.24) is 10.0 Å². The van der Waals surface area contributed by atoms with Crippen molar-refractivity contribution < 1.29 is 17.9 Å². The fourth-order valence-electron chi connectivity index (χ4n) is 4.49. The molecule has 3 rings (SSSR count). The van der Waals surface area contributed by atoms with Gasteiger partial charge in [0.05, 0.1) is 25.6 Å². The van der Waals surface area contributed by atoms with Gasteiger partial charge in [-0.2, -0.15) is 0 Å². The van der Waals surface area contributed by atoms with Gasteiger partial charge in [0.25, 0.3) is 0 Å². The molecule has 0 spiro atoms. The minimum absolute atomic E-state index is 0.0411. The minimum Gasteiger partial charge on any atom is -0.493 e. The maximum absolute atomic E-state index is 11.6. The van der Waals surface area contributed by atoms with Gasteiger partial charge in [0.2, 0.25) is 10.0 Å². The van der Waals surface area contributed by atoms with Crippen molar-refractivity contribution in [3.05, 3.63) is 29.8 Å². The largest absolute Gasteiger partial charge is 0.493 e. The zero-order valence-corrected chi connectivity index (χ0v) is 18.5. The summed E-state index contributed by atoms with van der Waals surface area (Å²) in [6.07, 6.45) is 8.58. The SMILES string of the molecule is CCCOc1ccccc1C1CCC(OC[C@@H]2NCCC[C@@H]2NS(C)(=O)=O)CC1. The fraction of sp³-hybridized carbons (Fsp3) is 0.727. The molecule has 1 aliphatic carbocycles. The third kappa shape index (κ3) is 6.95. The van der Waals surface area contributed by atoms with E-state index in [0.29, 0.717) is 12.5 Å². The van der Waals surface area contributed by atoms with E-state index < -0.39 is 10.0 Å². The lowest BCUT2D eigenvalue weighted by Gasteiger charge is -2.35. The van der Waals surface area contributed by atoms with Gasteiger partial charge in [-0.15, -0.1) is 0 Å². The molecule has 2 fully saturated rings. The Morgan fingerprint density at radius 2 is 1.90 bits per heavy atom. The molecule has 1 aliphatic heterocycles. The van der Waals surface area contributed by atoms with E-state index in [9.17, 15) is 8.42 Å². The number of para-hydroxylation sites is 1. The van der Waals surface area contributed by atoms with Crippen molar-refractivity contribution in [2.24, 2.45) is 0 Å². The average Bonchev–Trinajstić information content (AvgIpc) is 2.71. The quantitative estimate of drug-likeness (QED) is 0.637. The summed E-state index contributed by atoms with van der Waals surface area (Å²) >= 11 is 0. The van der Waals surface area contributed by atoms with E-state index in [4.69, 9.17) is 9.47 Å². The summed E-state index contributed by atoms with van der Waals surface area (Å²) in [5.41, 5.74) is 1.32. The Morgan fingerprint density at radius 1 is 1.14 bits per heavy atom. The van der Waals surface area contributed by atoms with Gasteiger partial charge in [-0.05, 0) is 69.0 Å². The van der Waals surface area contributed by atoms with Crippen LogP contribution in [0, 0.1) is 0 Å². The zero-order valence-electron chi connectivity index (χ0n) is 17.7. The normalized spacial score (nSPS) is 28.2. The minimum atomic E-state index is -3.21. The topological polar surface area (TPSA) is 76.7 Å². The Hall–Kier alpha value is -1.15. The highest BCUT2D eigenvalue weighted by Crippen LogP contribution is 2.38. The second-order valence-electron chi connectivity index (χ2n) is 8.39. The summed E-state index contributed by atoms with van der Waals surface area (Å²) in [6.45, 7) is 4.35. The third-order valence-corrected chi connectivity index (χ3v) is 6.69. The van der Waals surface area contributed by atoms with Crippen LogP contribution in [0.25, 0.3) is 0 Å². The smallest absolute Gasteiger partial charge is 0.209 e. The summed E-state index contributed by atoms with van der Waals surface area (Å²) in [6, 6.07) is 8.38. The van der Waals surface area contributed by atoms with Gasteiger partial charge in [-0.3, -0.25) is 0 Å². The molecule has 1 saturated heterocycles. The summed E-state index contributed by atoms with van der Waals surface area (Å²) in [5.74, 6) is 1.55. The number of rotatable bonds is 9. The maximum atomic E-state index is 11.6. The summed E-state index contributed by atoms with van der Waals surface area (Å²) in [4.78, 5) is 0. The number of hydrogen-bond acceptors (Lipinski definition) is 5. The lowest BCUT2D eigenvalue weighted by molar-refractivity contribution is 0.00510. The van der Waals surface area contributed by atoms with Gasteiger partial charge < -0.3 is 14.8 Å². The first-order chi connectivity index (χ1) is 14.0. The van der Waals surface area contributed by atoms with Crippen LogP contribution in [0.4, 0.5) is 0 Å². The number of ether oxygens (including phenoxy) is 2. The molecular weight excluding hydrogens is 388 g/mol. The number of hydrogen-bond donors (Lipinski definition) is 2. The molecule has 6 nitrogen and oxygen atoms in total. The summed E-state index contributed by atoms with van der Waals surface area (Å²) in [5, 5.41) is 3.42. The lowest BCUT2D eigenvalue weighted by Crippen LogP contribution is -2.55. The lowest BCUT2D eigenvalue weighted by atomic mass is 9.82. The Morgan fingerprint density at radius 3 is 2.62 bits per heavy atom. The highest BCUT2D eigenvalue weighted by Gasteiger charge is 2.30. The number of piperidine rings is 1. The summed E-state index contributed by atoms with van der Waals surface area (Å²) in [7, 11) is -3.21. The number of nitrogens with one attached hydrogen (secondary N) is 2. The molecule has 0 amide bonds. The van der Waals surface area contributed by atoms with E-state index in [1.165, 1.54) is 11.8 Å². The Bertz CT molecular complexity index is 732. The van der Waals surface area contributed by atoms with Gasteiger partial charge in [0.15, 0.2) is 0 Å². The summed E-state index contributed by atoms with van der Waals surface area (Å²) < 4.78 is 38.2. The van der Waals surface area contributed by atoms with E-state index in [2.05, 4.69) is 35.2 Å². The molecule has 0 bridgehead atoms. The van der Waals surface area contributed by atoms with Gasteiger partial charge in [0, 0.05) is 12.1 Å². The zero-order chi connectivity index (χ0) is 20.7. The monoisotopic (exact) mass is 424 g/mol. The molecule has 2 N–H and O–H groups in total. The van der Waals surface area contributed by atoms with Gasteiger partial charge >= 0.3 is 0 Å². The molecule has 1 heterocycles. The predicted molar refractivity (Wildman–Crippen MR) is 116 cm³/mol. The van der Waals surface area contributed by atoms with Crippen LogP contribution in [-0.4, -0.2) is 52.6 Å². The number of sulfonamides is 1. The van der Waals surface area contributed by atoms with E-state index in [1.807, 2.05) is 6.07 Å². The molecule has 7 heteroatoms. The van der Waals surface area contributed by atoms with E-state index in [-0.39, 0.29) is 18.2 Å². The molecule has 0 unspecified atom stereocenters. The highest BCUT2D eigenvalue weighted by molar-refractivity contribution is 7.88. The molecule has 164 valence electrons. The maximum Gasteiger partial charge on any atom is 0.209 e. The van der Waals surface area contributed by atoms with Crippen LogP contribution in [0.3, 0.4) is 0 Å². The van der Waals surface area contributed by atoms with Crippen LogP contribution >= 0.6 is 0 Å². The molecule has 1 aromatic carbocycles. The second-order valence-corrected chi connectivity index (χ2v) is 10.2. The highest BCUT2D eigenvalue weighted by atomic mass is 32.2. The van der Waals surface area contributed by atoms with Gasteiger partial charge in [-0.25, -0.2) is 13.1 Å². The van der Waals surface area contributed by atoms with Crippen LogP contribution in [0.1, 0.15) is 63.4 Å². The first-order valence-corrected chi connectivity index (χ1v) is 12.9. The van der Waals surface area contributed by atoms with Gasteiger partial charge in [0.1, 0.15) is 5.75 Å². The number of benzene rings is 1. The molecular formula is C22H36N2O4S. The Labute approximate surface area is 175 Å². The molecule has 1 saturated carbocycles. The van der Waals surface area contributed by atoms with E-state index in [1.54, 1.807) is 0 Å². The van der Waals surface area contributed by atoms with Gasteiger partial charge in [-0.1, -0.05) is 25.1 Å². The molecule has 2 aliphatic rings. The average molecular weight is 425 g/mol. The van der Waals surface area contributed by atoms with E-state index >= 15 is 0 Å². The molecule has 0 aromatic heterocycles. The molecule has 29 heavy (non-hydrogen) atoms. The Balaban J connectivity index is 1.49. The van der Waals surface area contributed by atoms with Crippen LogP contribution in [0.2, 0.25) is 0 Å². The van der Waals surface area contributed by atoms with Crippen molar-refractivity contribution in [1.29, 1.82) is 0 Å². The standard InChI is InChI=1S/C22H36N2O4S/c1-3-15-27-22-9-5-4-7-19(22)17-10-12-18(13-11-17)28-16-21-20(8-6-14-23-21)24-29(2,25)26/h4-5,7,9,17-18,20-21,23-24H,3,6,8,10-16H2,1-2H3/t17?,18?,20-,21-/m0/s1. The van der Waals surface area contributed by atoms with Crippen LogP contribution in [0.5, 0.6) is 5.75 Å². The molecule has 2 atom stereocenters. The fourth-order valence-corrected chi connectivity index (χ4v) is 5.32.